The van der Waals surface area contributed by atoms with E-state index in [1.165, 1.54) is 7.11 Å². The minimum absolute atomic E-state index is 0.0420. The van der Waals surface area contributed by atoms with Gasteiger partial charge in [0.15, 0.2) is 5.78 Å². The Morgan fingerprint density at radius 2 is 2.33 bits per heavy atom. The number of methoxy groups -OCH3 is 1. The molecule has 0 saturated heterocycles. The number of rotatable bonds is 1. The third-order valence-corrected chi connectivity index (χ3v) is 1.64. The first kappa shape index (κ1) is 8.77. The Bertz CT molecular complexity index is 245. The minimum atomic E-state index is -0.421. The molecule has 0 unspecified atom stereocenters. The first-order valence-electron chi connectivity index (χ1n) is 3.64. The van der Waals surface area contributed by atoms with Gasteiger partial charge in [0.25, 0.3) is 0 Å². The van der Waals surface area contributed by atoms with E-state index in [0.29, 0.717) is 12.1 Å². The van der Waals surface area contributed by atoms with E-state index in [4.69, 9.17) is 0 Å². The molecule has 0 bridgehead atoms. The van der Waals surface area contributed by atoms with Crippen molar-refractivity contribution in [1.82, 2.24) is 4.90 Å². The number of ketones is 1. The van der Waals surface area contributed by atoms with Crippen molar-refractivity contribution in [3.05, 3.63) is 11.8 Å². The third kappa shape index (κ3) is 1.84. The molecule has 66 valence electrons. The van der Waals surface area contributed by atoms with Crippen LogP contribution in [0.5, 0.6) is 0 Å². The zero-order valence-corrected chi connectivity index (χ0v) is 7.16. The number of likely N-dealkylation sites (N-methyl/N-ethyl adjacent to an activating group) is 1. The lowest BCUT2D eigenvalue weighted by Gasteiger charge is -2.19. The monoisotopic (exact) mass is 169 g/mol. The lowest BCUT2D eigenvalue weighted by molar-refractivity contribution is -0.137. The van der Waals surface area contributed by atoms with E-state index in [1.54, 1.807) is 18.1 Å². The highest BCUT2D eigenvalue weighted by Crippen LogP contribution is 2.11. The van der Waals surface area contributed by atoms with Crippen molar-refractivity contribution in [2.45, 2.75) is 6.42 Å². The molecule has 1 aliphatic heterocycles. The largest absolute Gasteiger partial charge is 0.466 e. The summed E-state index contributed by atoms with van der Waals surface area (Å²) in [4.78, 5) is 23.7. The van der Waals surface area contributed by atoms with Gasteiger partial charge in [-0.2, -0.15) is 0 Å². The van der Waals surface area contributed by atoms with Gasteiger partial charge >= 0.3 is 5.97 Å². The number of hydrogen-bond donors (Lipinski definition) is 0. The summed E-state index contributed by atoms with van der Waals surface area (Å²) in [5, 5.41) is 0. The van der Waals surface area contributed by atoms with Gasteiger partial charge < -0.3 is 9.64 Å². The summed E-state index contributed by atoms with van der Waals surface area (Å²) in [5.74, 6) is -0.379. The molecule has 4 heteroatoms. The molecule has 0 radical (unpaired) electrons. The van der Waals surface area contributed by atoms with Gasteiger partial charge in [-0.1, -0.05) is 0 Å². The van der Waals surface area contributed by atoms with Gasteiger partial charge in [0.2, 0.25) is 0 Å². The van der Waals surface area contributed by atoms with Crippen LogP contribution in [0.1, 0.15) is 6.42 Å². The average molecular weight is 169 g/mol. The molecule has 1 aliphatic rings. The molecular formula is C8H11NO3. The molecule has 0 aromatic heterocycles. The number of esters is 1. The van der Waals surface area contributed by atoms with Gasteiger partial charge in [-0.3, -0.25) is 4.79 Å². The van der Waals surface area contributed by atoms with Crippen LogP contribution in [0.3, 0.4) is 0 Å². The smallest absolute Gasteiger partial charge is 0.335 e. The second-order valence-electron chi connectivity index (χ2n) is 2.78. The van der Waals surface area contributed by atoms with Crippen molar-refractivity contribution in [3.8, 4) is 0 Å². The van der Waals surface area contributed by atoms with Crippen molar-refractivity contribution in [2.24, 2.45) is 0 Å². The van der Waals surface area contributed by atoms with Crippen LogP contribution < -0.4 is 0 Å². The molecular weight excluding hydrogens is 158 g/mol. The van der Waals surface area contributed by atoms with Crippen molar-refractivity contribution < 1.29 is 14.3 Å². The highest BCUT2D eigenvalue weighted by molar-refractivity contribution is 5.97. The summed E-state index contributed by atoms with van der Waals surface area (Å²) >= 11 is 0. The lowest BCUT2D eigenvalue weighted by Crippen LogP contribution is -2.28. The number of Topliss-reactive ketones (excluding diaryl/α,β-unsaturated/α-hetero) is 1. The SMILES string of the molecule is COC(=O)C1=CN(C)CC(=O)C1. The first-order chi connectivity index (χ1) is 5.63. The van der Waals surface area contributed by atoms with E-state index in [1.807, 2.05) is 0 Å². The predicted molar refractivity (Wildman–Crippen MR) is 42.4 cm³/mol. The Kier molecular flexibility index (Phi) is 2.47. The van der Waals surface area contributed by atoms with E-state index in [9.17, 15) is 9.59 Å². The van der Waals surface area contributed by atoms with Gasteiger partial charge in [-0.05, 0) is 0 Å². The molecule has 0 fully saturated rings. The van der Waals surface area contributed by atoms with E-state index in [-0.39, 0.29) is 12.2 Å². The standard InChI is InChI=1S/C8H11NO3/c1-9-4-6(8(11)12-2)3-7(10)5-9/h4H,3,5H2,1-2H3. The molecule has 4 nitrogen and oxygen atoms in total. The second kappa shape index (κ2) is 3.38. The number of carbonyl (C=O) groups excluding carboxylic acids is 2. The molecule has 1 heterocycles. The maximum atomic E-state index is 11.0. The van der Waals surface area contributed by atoms with Crippen molar-refractivity contribution in [3.63, 3.8) is 0 Å². The fourth-order valence-electron chi connectivity index (χ4n) is 1.16. The summed E-state index contributed by atoms with van der Waals surface area (Å²) < 4.78 is 4.50. The van der Waals surface area contributed by atoms with E-state index < -0.39 is 5.97 Å². The Morgan fingerprint density at radius 1 is 1.67 bits per heavy atom. The minimum Gasteiger partial charge on any atom is -0.466 e. The Morgan fingerprint density at radius 3 is 2.83 bits per heavy atom. The third-order valence-electron chi connectivity index (χ3n) is 1.64. The summed E-state index contributed by atoms with van der Waals surface area (Å²) in [7, 11) is 3.06. The van der Waals surface area contributed by atoms with Gasteiger partial charge in [-0.15, -0.1) is 0 Å². The molecule has 0 aliphatic carbocycles. The normalized spacial score (nSPS) is 17.3. The highest BCUT2D eigenvalue weighted by Gasteiger charge is 2.20. The maximum absolute atomic E-state index is 11.0. The van der Waals surface area contributed by atoms with Gasteiger partial charge in [0.1, 0.15) is 0 Å². The first-order valence-corrected chi connectivity index (χ1v) is 3.64. The Hall–Kier alpha value is -1.32. The van der Waals surface area contributed by atoms with E-state index in [2.05, 4.69) is 4.74 Å². The predicted octanol–water partition coefficient (Wildman–Crippen LogP) is -0.0521. The van der Waals surface area contributed by atoms with Gasteiger partial charge in [0, 0.05) is 19.7 Å². The lowest BCUT2D eigenvalue weighted by atomic mass is 10.1. The molecule has 0 aromatic carbocycles. The summed E-state index contributed by atoms with van der Waals surface area (Å²) in [6, 6.07) is 0. The van der Waals surface area contributed by atoms with Crippen molar-refractivity contribution in [2.75, 3.05) is 20.7 Å². The van der Waals surface area contributed by atoms with Crippen molar-refractivity contribution in [1.29, 1.82) is 0 Å². The van der Waals surface area contributed by atoms with Crippen LogP contribution in [0, 0.1) is 0 Å². The van der Waals surface area contributed by atoms with Crippen LogP contribution in [0.2, 0.25) is 0 Å². The average Bonchev–Trinajstić information content (AvgIpc) is 2.01. The quantitative estimate of drug-likeness (QED) is 0.516. The van der Waals surface area contributed by atoms with Crippen LogP contribution in [0.4, 0.5) is 0 Å². The summed E-state index contributed by atoms with van der Waals surface area (Å²) in [6.07, 6.45) is 1.84. The van der Waals surface area contributed by atoms with Crippen LogP contribution >= 0.6 is 0 Å². The molecule has 0 saturated carbocycles. The topological polar surface area (TPSA) is 46.6 Å². The molecule has 0 N–H and O–H groups in total. The van der Waals surface area contributed by atoms with Gasteiger partial charge in [0.05, 0.1) is 19.2 Å². The molecule has 0 amide bonds. The molecule has 1 rings (SSSR count). The fourth-order valence-corrected chi connectivity index (χ4v) is 1.16. The zero-order valence-electron chi connectivity index (χ0n) is 7.16. The fraction of sp³-hybridized carbons (Fsp3) is 0.500. The Labute approximate surface area is 70.8 Å². The molecule has 0 atom stereocenters. The molecule has 12 heavy (non-hydrogen) atoms. The molecule has 0 aromatic rings. The number of ether oxygens (including phenoxy) is 1. The Balaban J connectivity index is 2.76. The number of hydrogen-bond acceptors (Lipinski definition) is 4. The van der Waals surface area contributed by atoms with E-state index in [0.717, 1.165) is 0 Å². The van der Waals surface area contributed by atoms with Crippen molar-refractivity contribution >= 4 is 11.8 Å². The number of nitrogens with zero attached hydrogens (tertiary/aromatic N) is 1. The zero-order chi connectivity index (χ0) is 9.14. The number of carbonyl (C=O) groups is 2. The second-order valence-corrected chi connectivity index (χ2v) is 2.78. The maximum Gasteiger partial charge on any atom is 0.335 e. The summed E-state index contributed by atoms with van der Waals surface area (Å²) in [6.45, 7) is 0.375. The van der Waals surface area contributed by atoms with Gasteiger partial charge in [-0.25, -0.2) is 4.79 Å². The van der Waals surface area contributed by atoms with E-state index >= 15 is 0 Å². The summed E-state index contributed by atoms with van der Waals surface area (Å²) in [5.41, 5.74) is 0.427. The van der Waals surface area contributed by atoms with Crippen LogP contribution in [-0.2, 0) is 14.3 Å². The highest BCUT2D eigenvalue weighted by atomic mass is 16.5. The van der Waals surface area contributed by atoms with Crippen LogP contribution in [-0.4, -0.2) is 37.4 Å². The van der Waals surface area contributed by atoms with Crippen LogP contribution in [0.25, 0.3) is 0 Å². The molecule has 0 spiro atoms. The van der Waals surface area contributed by atoms with Crippen LogP contribution in [0.15, 0.2) is 11.8 Å².